The smallest absolute Gasteiger partial charge is 0.165 e. The number of ether oxygens (including phenoxy) is 1. The van der Waals surface area contributed by atoms with Crippen LogP contribution in [0.3, 0.4) is 0 Å². The Balaban J connectivity index is 2.69. The van der Waals surface area contributed by atoms with E-state index in [9.17, 15) is 4.39 Å². The quantitative estimate of drug-likeness (QED) is 0.776. The lowest BCUT2D eigenvalue weighted by Crippen LogP contribution is -2.35. The molecule has 0 fully saturated rings. The monoisotopic (exact) mass is 281 g/mol. The molecule has 0 saturated heterocycles. The minimum absolute atomic E-state index is 0.149. The molecule has 0 spiro atoms. The molecule has 1 atom stereocenters. The molecule has 0 aromatic heterocycles. The molecule has 20 heavy (non-hydrogen) atoms. The van der Waals surface area contributed by atoms with Crippen LogP contribution in [0.4, 0.5) is 4.39 Å². The number of rotatable bonds is 8. The van der Waals surface area contributed by atoms with E-state index >= 15 is 0 Å². The molecule has 1 aromatic carbocycles. The molecular formula is C17H28FNO. The van der Waals surface area contributed by atoms with Gasteiger partial charge in [0.05, 0.1) is 7.11 Å². The van der Waals surface area contributed by atoms with Crippen LogP contribution in [0, 0.1) is 17.2 Å². The van der Waals surface area contributed by atoms with Crippen molar-refractivity contribution in [2.45, 2.75) is 40.5 Å². The van der Waals surface area contributed by atoms with Crippen LogP contribution < -0.4 is 10.1 Å². The molecule has 0 heterocycles. The lowest BCUT2D eigenvalue weighted by molar-refractivity contribution is 0.284. The maximum absolute atomic E-state index is 13.7. The summed E-state index contributed by atoms with van der Waals surface area (Å²) in [5, 5.41) is 3.52. The summed E-state index contributed by atoms with van der Waals surface area (Å²) in [6, 6.07) is 5.26. The molecule has 1 aromatic rings. The molecule has 0 aliphatic heterocycles. The molecule has 0 amide bonds. The fourth-order valence-corrected chi connectivity index (χ4v) is 2.29. The van der Waals surface area contributed by atoms with Gasteiger partial charge in [0.15, 0.2) is 11.6 Å². The van der Waals surface area contributed by atoms with Gasteiger partial charge in [-0.2, -0.15) is 0 Å². The average Bonchev–Trinajstić information content (AvgIpc) is 2.38. The van der Waals surface area contributed by atoms with Crippen LogP contribution in [-0.4, -0.2) is 20.2 Å². The Morgan fingerprint density at radius 1 is 1.35 bits per heavy atom. The van der Waals surface area contributed by atoms with Gasteiger partial charge in [-0.05, 0) is 48.4 Å². The van der Waals surface area contributed by atoms with E-state index in [1.807, 2.05) is 6.07 Å². The summed E-state index contributed by atoms with van der Waals surface area (Å²) in [7, 11) is 1.49. The molecule has 1 rings (SSSR count). The Kier molecular flexibility index (Phi) is 6.47. The Bertz CT molecular complexity index is 419. The third kappa shape index (κ3) is 5.12. The van der Waals surface area contributed by atoms with Crippen molar-refractivity contribution in [3.63, 3.8) is 0 Å². The maximum atomic E-state index is 13.7. The van der Waals surface area contributed by atoms with Gasteiger partial charge in [0.1, 0.15) is 0 Å². The van der Waals surface area contributed by atoms with E-state index in [2.05, 4.69) is 33.0 Å². The van der Waals surface area contributed by atoms with E-state index in [0.29, 0.717) is 11.7 Å². The molecule has 1 unspecified atom stereocenters. The number of halogens is 1. The average molecular weight is 281 g/mol. The molecule has 2 nitrogen and oxygen atoms in total. The van der Waals surface area contributed by atoms with Crippen LogP contribution in [0.1, 0.15) is 39.7 Å². The van der Waals surface area contributed by atoms with Crippen LogP contribution in [0.2, 0.25) is 0 Å². The Labute approximate surface area is 122 Å². The SMILES string of the molecule is CCC(C)(CNCC(C)C)Cc1ccc(OC)c(F)c1. The molecule has 3 heteroatoms. The zero-order chi connectivity index (χ0) is 15.2. The fourth-order valence-electron chi connectivity index (χ4n) is 2.29. The van der Waals surface area contributed by atoms with Gasteiger partial charge in [-0.1, -0.05) is 33.8 Å². The van der Waals surface area contributed by atoms with Crippen LogP contribution >= 0.6 is 0 Å². The van der Waals surface area contributed by atoms with Gasteiger partial charge < -0.3 is 10.1 Å². The van der Waals surface area contributed by atoms with Crippen molar-refractivity contribution in [3.8, 4) is 5.75 Å². The number of benzene rings is 1. The second-order valence-electron chi connectivity index (χ2n) is 6.33. The second-order valence-corrected chi connectivity index (χ2v) is 6.33. The zero-order valence-corrected chi connectivity index (χ0v) is 13.4. The molecular weight excluding hydrogens is 253 g/mol. The summed E-state index contributed by atoms with van der Waals surface area (Å²) in [4.78, 5) is 0. The van der Waals surface area contributed by atoms with E-state index in [0.717, 1.165) is 31.5 Å². The number of hydrogen-bond acceptors (Lipinski definition) is 2. The van der Waals surface area contributed by atoms with Gasteiger partial charge >= 0.3 is 0 Å². The second kappa shape index (κ2) is 7.63. The molecule has 0 aliphatic carbocycles. The van der Waals surface area contributed by atoms with Crippen molar-refractivity contribution in [2.24, 2.45) is 11.3 Å². The first-order valence-electron chi connectivity index (χ1n) is 7.43. The van der Waals surface area contributed by atoms with Gasteiger partial charge in [-0.3, -0.25) is 0 Å². The number of hydrogen-bond donors (Lipinski definition) is 1. The predicted octanol–water partition coefficient (Wildman–Crippen LogP) is 4.04. The molecule has 0 aliphatic rings. The highest BCUT2D eigenvalue weighted by Crippen LogP contribution is 2.28. The minimum atomic E-state index is -0.279. The highest BCUT2D eigenvalue weighted by Gasteiger charge is 2.22. The summed E-state index contributed by atoms with van der Waals surface area (Å²) < 4.78 is 18.7. The number of nitrogens with one attached hydrogen (secondary N) is 1. The normalized spacial score (nSPS) is 14.3. The summed E-state index contributed by atoms with van der Waals surface area (Å²) in [5.74, 6) is 0.679. The molecule has 1 N–H and O–H groups in total. The van der Waals surface area contributed by atoms with E-state index < -0.39 is 0 Å². The lowest BCUT2D eigenvalue weighted by Gasteiger charge is -2.29. The first-order valence-corrected chi connectivity index (χ1v) is 7.43. The van der Waals surface area contributed by atoms with E-state index in [1.165, 1.54) is 7.11 Å². The summed E-state index contributed by atoms with van der Waals surface area (Å²) in [6.07, 6.45) is 1.93. The predicted molar refractivity (Wildman–Crippen MR) is 82.8 cm³/mol. The van der Waals surface area contributed by atoms with E-state index in [1.54, 1.807) is 12.1 Å². The van der Waals surface area contributed by atoms with Crippen molar-refractivity contribution < 1.29 is 9.13 Å². The zero-order valence-electron chi connectivity index (χ0n) is 13.4. The first kappa shape index (κ1) is 17.0. The minimum Gasteiger partial charge on any atom is -0.494 e. The summed E-state index contributed by atoms with van der Waals surface area (Å²) in [6.45, 7) is 10.8. The largest absolute Gasteiger partial charge is 0.494 e. The summed E-state index contributed by atoms with van der Waals surface area (Å²) in [5.41, 5.74) is 1.18. The molecule has 114 valence electrons. The van der Waals surface area contributed by atoms with Gasteiger partial charge in [-0.15, -0.1) is 0 Å². The topological polar surface area (TPSA) is 21.3 Å². The molecule has 0 saturated carbocycles. The van der Waals surface area contributed by atoms with Crippen molar-refractivity contribution in [2.75, 3.05) is 20.2 Å². The third-order valence-electron chi connectivity index (χ3n) is 3.81. The fraction of sp³-hybridized carbons (Fsp3) is 0.647. The lowest BCUT2D eigenvalue weighted by atomic mass is 9.81. The van der Waals surface area contributed by atoms with Crippen molar-refractivity contribution in [1.29, 1.82) is 0 Å². The van der Waals surface area contributed by atoms with Gasteiger partial charge in [0.2, 0.25) is 0 Å². The van der Waals surface area contributed by atoms with E-state index in [4.69, 9.17) is 4.74 Å². The maximum Gasteiger partial charge on any atom is 0.165 e. The van der Waals surface area contributed by atoms with Crippen molar-refractivity contribution >= 4 is 0 Å². The highest BCUT2D eigenvalue weighted by molar-refractivity contribution is 5.29. The summed E-state index contributed by atoms with van der Waals surface area (Å²) >= 11 is 0. The van der Waals surface area contributed by atoms with Gasteiger partial charge in [0.25, 0.3) is 0 Å². The van der Waals surface area contributed by atoms with Gasteiger partial charge in [0, 0.05) is 6.54 Å². The van der Waals surface area contributed by atoms with Crippen LogP contribution in [0.15, 0.2) is 18.2 Å². The van der Waals surface area contributed by atoms with Crippen LogP contribution in [0.25, 0.3) is 0 Å². The molecule has 0 bridgehead atoms. The molecule has 0 radical (unpaired) electrons. The van der Waals surface area contributed by atoms with Crippen molar-refractivity contribution in [1.82, 2.24) is 5.32 Å². The first-order chi connectivity index (χ1) is 9.40. The standard InChI is InChI=1S/C17H28FNO/c1-6-17(4,12-19-11-13(2)3)10-14-7-8-16(20-5)15(18)9-14/h7-9,13,19H,6,10-12H2,1-5H3. The Hall–Kier alpha value is -1.09. The van der Waals surface area contributed by atoms with Crippen LogP contribution in [0.5, 0.6) is 5.75 Å². The third-order valence-corrected chi connectivity index (χ3v) is 3.81. The van der Waals surface area contributed by atoms with Crippen molar-refractivity contribution in [3.05, 3.63) is 29.6 Å². The Morgan fingerprint density at radius 2 is 2.05 bits per heavy atom. The Morgan fingerprint density at radius 3 is 2.55 bits per heavy atom. The number of methoxy groups -OCH3 is 1. The van der Waals surface area contributed by atoms with E-state index in [-0.39, 0.29) is 11.2 Å². The highest BCUT2D eigenvalue weighted by atomic mass is 19.1. The van der Waals surface area contributed by atoms with Gasteiger partial charge in [-0.25, -0.2) is 4.39 Å². The van der Waals surface area contributed by atoms with Crippen LogP contribution in [-0.2, 0) is 6.42 Å².